The van der Waals surface area contributed by atoms with Gasteiger partial charge < -0.3 is 20.3 Å². The first-order valence-corrected chi connectivity index (χ1v) is 9.43. The predicted octanol–water partition coefficient (Wildman–Crippen LogP) is 2.55. The van der Waals surface area contributed by atoms with Crippen LogP contribution in [-0.4, -0.2) is 40.6 Å². The highest BCUT2D eigenvalue weighted by atomic mass is 35.5. The molecule has 4 N–H and O–H groups in total. The quantitative estimate of drug-likeness (QED) is 0.370. The molecular weight excluding hydrogens is 390 g/mol. The second kappa shape index (κ2) is 8.78. The summed E-state index contributed by atoms with van der Waals surface area (Å²) in [6.45, 7) is 1.85. The number of para-hydroxylation sites is 2. The van der Waals surface area contributed by atoms with Gasteiger partial charge in [0.2, 0.25) is 0 Å². The molecule has 0 spiro atoms. The molecule has 1 unspecified atom stereocenters. The second-order valence-electron chi connectivity index (χ2n) is 6.77. The van der Waals surface area contributed by atoms with Crippen LogP contribution in [0.2, 0.25) is 5.02 Å². The number of hydrogen-bond donors (Lipinski definition) is 4. The molecule has 0 aliphatic heterocycles. The van der Waals surface area contributed by atoms with Crippen molar-refractivity contribution in [3.63, 3.8) is 0 Å². The highest BCUT2D eigenvalue weighted by Crippen LogP contribution is 2.19. The van der Waals surface area contributed by atoms with Crippen LogP contribution in [0, 0.1) is 11.3 Å². The molecule has 3 aromatic rings. The van der Waals surface area contributed by atoms with Crippen molar-refractivity contribution in [2.75, 3.05) is 18.9 Å². The number of halogens is 1. The van der Waals surface area contributed by atoms with Gasteiger partial charge in [0.1, 0.15) is 17.7 Å². The molecule has 29 heavy (non-hydrogen) atoms. The van der Waals surface area contributed by atoms with E-state index in [1.165, 1.54) is 0 Å². The Kier molecular flexibility index (Phi) is 6.17. The second-order valence-corrected chi connectivity index (χ2v) is 7.21. The van der Waals surface area contributed by atoms with Crippen molar-refractivity contribution in [1.82, 2.24) is 9.97 Å². The van der Waals surface area contributed by atoms with Crippen LogP contribution in [0.25, 0.3) is 16.6 Å². The fourth-order valence-electron chi connectivity index (χ4n) is 2.90. The zero-order chi connectivity index (χ0) is 21.0. The maximum Gasteiger partial charge on any atom is 0.279 e. The number of aromatic amines is 1. The zero-order valence-electron chi connectivity index (χ0n) is 16.0. The number of hydrogen-bond acceptors (Lipinski definition) is 4. The van der Waals surface area contributed by atoms with Crippen LogP contribution in [0.15, 0.2) is 54.3 Å². The molecule has 2 aromatic carbocycles. The number of benzene rings is 2. The third kappa shape index (κ3) is 4.74. The van der Waals surface area contributed by atoms with E-state index in [2.05, 4.69) is 15.3 Å². The van der Waals surface area contributed by atoms with Gasteiger partial charge in [-0.25, -0.2) is 4.98 Å². The molecule has 7 nitrogen and oxygen atoms in total. The van der Waals surface area contributed by atoms with Crippen molar-refractivity contribution in [3.8, 4) is 6.07 Å². The van der Waals surface area contributed by atoms with Crippen molar-refractivity contribution in [1.29, 1.82) is 5.26 Å². The van der Waals surface area contributed by atoms with E-state index in [1.54, 1.807) is 38.2 Å². The van der Waals surface area contributed by atoms with Crippen molar-refractivity contribution in [2.45, 2.75) is 13.0 Å². The lowest BCUT2D eigenvalue weighted by Gasteiger charge is -2.21. The number of anilines is 1. The third-order valence-corrected chi connectivity index (χ3v) is 4.96. The minimum absolute atomic E-state index is 0.0613. The number of amides is 1. The van der Waals surface area contributed by atoms with Crippen molar-refractivity contribution in [3.05, 3.63) is 65.1 Å². The number of H-pyrrole nitrogens is 1. The lowest BCUT2D eigenvalue weighted by Crippen LogP contribution is -3.13. The van der Waals surface area contributed by atoms with Crippen LogP contribution in [0.1, 0.15) is 12.7 Å². The number of nitriles is 1. The van der Waals surface area contributed by atoms with E-state index < -0.39 is 6.04 Å². The van der Waals surface area contributed by atoms with Crippen molar-refractivity contribution in [2.24, 2.45) is 0 Å². The number of aromatic nitrogens is 2. The van der Waals surface area contributed by atoms with Gasteiger partial charge in [-0.15, -0.1) is 0 Å². The summed E-state index contributed by atoms with van der Waals surface area (Å²) < 4.78 is 0. The number of nitrogens with zero attached hydrogens (tertiary/aromatic N) is 2. The number of carbonyl (C=O) groups excluding carboxylic acids is 1. The standard InChI is InChI=1S/C21H20ClN5O2/c1-13(27(2)12-19(28)24-15-9-7-14(22)8-10-15)20(29)16(11-23)21-25-17-5-3-4-6-18(17)26-21/h3-10,13,29H,12H2,1-2H3,(H,24,28)(H,25,26)/p+1/b20-16-/t13-/m0/s1. The number of carbonyl (C=O) groups is 1. The Morgan fingerprint density at radius 1 is 1.31 bits per heavy atom. The average molecular weight is 411 g/mol. The van der Waals surface area contributed by atoms with E-state index in [0.29, 0.717) is 22.1 Å². The molecule has 0 aliphatic rings. The molecule has 3 rings (SSSR count). The van der Waals surface area contributed by atoms with E-state index in [-0.39, 0.29) is 23.8 Å². The lowest BCUT2D eigenvalue weighted by atomic mass is 10.1. The molecule has 0 fully saturated rings. The van der Waals surface area contributed by atoms with Crippen LogP contribution >= 0.6 is 11.6 Å². The maximum absolute atomic E-state index is 12.3. The van der Waals surface area contributed by atoms with Crippen LogP contribution in [0.3, 0.4) is 0 Å². The molecule has 1 heterocycles. The van der Waals surface area contributed by atoms with Crippen molar-refractivity contribution >= 4 is 39.8 Å². The minimum Gasteiger partial charge on any atom is -0.505 e. The predicted molar refractivity (Wildman–Crippen MR) is 113 cm³/mol. The summed E-state index contributed by atoms with van der Waals surface area (Å²) in [6, 6.07) is 15.7. The smallest absolute Gasteiger partial charge is 0.279 e. The molecule has 2 atom stereocenters. The summed E-state index contributed by atoms with van der Waals surface area (Å²) in [5.74, 6) is -0.0356. The lowest BCUT2D eigenvalue weighted by molar-refractivity contribution is -0.891. The maximum atomic E-state index is 12.3. The highest BCUT2D eigenvalue weighted by Gasteiger charge is 2.25. The molecule has 1 amide bonds. The van der Waals surface area contributed by atoms with Gasteiger partial charge in [-0.1, -0.05) is 23.7 Å². The van der Waals surface area contributed by atoms with Crippen LogP contribution in [0.5, 0.6) is 0 Å². The molecular formula is C21H21ClN5O2+. The monoisotopic (exact) mass is 410 g/mol. The number of imidazole rings is 1. The summed E-state index contributed by atoms with van der Waals surface area (Å²) in [6.07, 6.45) is 0. The Bertz CT molecular complexity index is 1070. The van der Waals surface area contributed by atoms with Crippen molar-refractivity contribution < 1.29 is 14.8 Å². The van der Waals surface area contributed by atoms with Gasteiger partial charge in [0.15, 0.2) is 18.1 Å². The zero-order valence-corrected chi connectivity index (χ0v) is 16.8. The molecule has 0 saturated heterocycles. The average Bonchev–Trinajstić information content (AvgIpc) is 3.13. The molecule has 1 aromatic heterocycles. The Labute approximate surface area is 173 Å². The number of likely N-dealkylation sites (N-methyl/N-ethyl adjacent to an activating group) is 1. The Hall–Kier alpha value is -3.34. The van der Waals surface area contributed by atoms with Gasteiger partial charge in [-0.3, -0.25) is 4.79 Å². The van der Waals surface area contributed by atoms with E-state index in [9.17, 15) is 15.2 Å². The highest BCUT2D eigenvalue weighted by molar-refractivity contribution is 6.30. The van der Waals surface area contributed by atoms with Crippen LogP contribution in [0.4, 0.5) is 5.69 Å². The normalized spacial score (nSPS) is 14.0. The first-order chi connectivity index (χ1) is 13.9. The van der Waals surface area contributed by atoms with Gasteiger partial charge in [0.25, 0.3) is 5.91 Å². The summed E-state index contributed by atoms with van der Waals surface area (Å²) in [4.78, 5) is 20.5. The van der Waals surface area contributed by atoms with Crippen LogP contribution < -0.4 is 10.2 Å². The van der Waals surface area contributed by atoms with Gasteiger partial charge in [0, 0.05) is 10.7 Å². The number of fused-ring (bicyclic) bond motifs is 1. The topological polar surface area (TPSA) is 106 Å². The summed E-state index contributed by atoms with van der Waals surface area (Å²) >= 11 is 5.84. The van der Waals surface area contributed by atoms with E-state index >= 15 is 0 Å². The Morgan fingerprint density at radius 2 is 2.00 bits per heavy atom. The Morgan fingerprint density at radius 3 is 2.66 bits per heavy atom. The number of aliphatic hydroxyl groups excluding tert-OH is 1. The number of rotatable bonds is 6. The number of aliphatic hydroxyl groups is 1. The first-order valence-electron chi connectivity index (χ1n) is 9.05. The van der Waals surface area contributed by atoms with Crippen LogP contribution in [-0.2, 0) is 4.79 Å². The molecule has 0 radical (unpaired) electrons. The number of allylic oxidation sites excluding steroid dienone is 1. The van der Waals surface area contributed by atoms with Gasteiger partial charge in [-0.2, -0.15) is 5.26 Å². The largest absolute Gasteiger partial charge is 0.505 e. The van der Waals surface area contributed by atoms with Gasteiger partial charge in [-0.05, 0) is 43.3 Å². The molecule has 0 saturated carbocycles. The summed E-state index contributed by atoms with van der Waals surface area (Å²) in [5.41, 5.74) is 2.18. The summed E-state index contributed by atoms with van der Waals surface area (Å²) in [5, 5.41) is 23.6. The Balaban J connectivity index is 1.74. The molecule has 0 bridgehead atoms. The first kappa shape index (κ1) is 20.4. The molecule has 148 valence electrons. The number of nitrogens with one attached hydrogen (secondary N) is 3. The fraction of sp³-hybridized carbons (Fsp3) is 0.190. The third-order valence-electron chi connectivity index (χ3n) is 4.71. The van der Waals surface area contributed by atoms with E-state index in [0.717, 1.165) is 10.4 Å². The fourth-order valence-corrected chi connectivity index (χ4v) is 3.02. The number of quaternary nitrogens is 1. The molecule has 8 heteroatoms. The SMILES string of the molecule is C[C@@H](/C(O)=C(\C#N)c1nc2ccccc2[nH]1)[NH+](C)CC(=O)Nc1ccc(Cl)cc1. The van der Waals surface area contributed by atoms with Gasteiger partial charge >= 0.3 is 0 Å². The molecule has 0 aliphatic carbocycles. The summed E-state index contributed by atoms with van der Waals surface area (Å²) in [7, 11) is 1.77. The minimum atomic E-state index is -0.492. The van der Waals surface area contributed by atoms with E-state index in [1.807, 2.05) is 30.3 Å². The van der Waals surface area contributed by atoms with Gasteiger partial charge in [0.05, 0.1) is 18.1 Å². The van der Waals surface area contributed by atoms with E-state index in [4.69, 9.17) is 11.6 Å².